The minimum absolute atomic E-state index is 0.0471. The molecule has 2 aromatic carbocycles. The maximum absolute atomic E-state index is 12.4. The molecule has 4 rings (SSSR count). The van der Waals surface area contributed by atoms with Gasteiger partial charge in [0.1, 0.15) is 18.4 Å². The van der Waals surface area contributed by atoms with Gasteiger partial charge in [-0.15, -0.1) is 0 Å². The molecule has 2 amide bonds. The van der Waals surface area contributed by atoms with E-state index in [9.17, 15) is 9.59 Å². The van der Waals surface area contributed by atoms with Gasteiger partial charge >= 0.3 is 0 Å². The van der Waals surface area contributed by atoms with Crippen molar-refractivity contribution in [2.75, 3.05) is 13.1 Å². The number of carbonyl (C=O) groups is 2. The van der Waals surface area contributed by atoms with Crippen LogP contribution in [0.5, 0.6) is 5.75 Å². The van der Waals surface area contributed by atoms with Crippen LogP contribution in [-0.2, 0) is 9.59 Å². The molecule has 0 saturated carbocycles. The summed E-state index contributed by atoms with van der Waals surface area (Å²) in [5, 5.41) is 4.41. The molecule has 1 N–H and O–H groups in total. The van der Waals surface area contributed by atoms with Crippen LogP contribution < -0.4 is 10.2 Å². The summed E-state index contributed by atoms with van der Waals surface area (Å²) in [7, 11) is 0. The predicted octanol–water partition coefficient (Wildman–Crippen LogP) is 3.43. The van der Waals surface area contributed by atoms with Crippen molar-refractivity contribution in [2.24, 2.45) is 5.10 Å². The van der Waals surface area contributed by atoms with Gasteiger partial charge < -0.3 is 9.64 Å². The van der Waals surface area contributed by atoms with Gasteiger partial charge in [0, 0.05) is 24.9 Å². The van der Waals surface area contributed by atoms with E-state index < -0.39 is 0 Å². The van der Waals surface area contributed by atoms with Crippen LogP contribution >= 0.6 is 0 Å². The molecular formula is C23H25N3O3. The predicted molar refractivity (Wildman–Crippen MR) is 111 cm³/mol. The van der Waals surface area contributed by atoms with E-state index in [1.165, 1.54) is 0 Å². The maximum atomic E-state index is 12.4. The van der Waals surface area contributed by atoms with Crippen molar-refractivity contribution in [3.05, 3.63) is 65.7 Å². The zero-order valence-corrected chi connectivity index (χ0v) is 16.3. The Labute approximate surface area is 170 Å². The molecule has 0 aliphatic carbocycles. The molecule has 1 saturated heterocycles. The second-order valence-corrected chi connectivity index (χ2v) is 7.44. The van der Waals surface area contributed by atoms with E-state index in [-0.39, 0.29) is 24.5 Å². The zero-order chi connectivity index (χ0) is 20.1. The summed E-state index contributed by atoms with van der Waals surface area (Å²) < 4.78 is 6.16. The highest BCUT2D eigenvalue weighted by Crippen LogP contribution is 2.34. The number of hydrazone groups is 1. The van der Waals surface area contributed by atoms with Gasteiger partial charge in [-0.25, -0.2) is 5.43 Å². The van der Waals surface area contributed by atoms with E-state index in [0.29, 0.717) is 19.4 Å². The first-order valence-electron chi connectivity index (χ1n) is 10.1. The highest BCUT2D eigenvalue weighted by Gasteiger charge is 2.26. The minimum Gasteiger partial charge on any atom is -0.485 e. The third kappa shape index (κ3) is 4.65. The Bertz CT molecular complexity index is 911. The lowest BCUT2D eigenvalue weighted by Crippen LogP contribution is -2.39. The van der Waals surface area contributed by atoms with Gasteiger partial charge in [-0.05, 0) is 30.5 Å². The highest BCUT2D eigenvalue weighted by molar-refractivity contribution is 6.04. The molecule has 6 nitrogen and oxygen atoms in total. The van der Waals surface area contributed by atoms with Gasteiger partial charge in [-0.2, -0.15) is 5.10 Å². The molecule has 0 unspecified atom stereocenters. The van der Waals surface area contributed by atoms with Gasteiger partial charge in [-0.3, -0.25) is 9.59 Å². The number of fused-ring (bicyclic) bond motifs is 1. The minimum atomic E-state index is -0.270. The quantitative estimate of drug-likeness (QED) is 0.812. The third-order valence-corrected chi connectivity index (χ3v) is 5.34. The lowest BCUT2D eigenvalue weighted by atomic mass is 9.96. The van der Waals surface area contributed by atoms with E-state index in [0.717, 1.165) is 41.9 Å². The van der Waals surface area contributed by atoms with E-state index in [1.54, 1.807) is 4.90 Å². The number of benzene rings is 2. The van der Waals surface area contributed by atoms with E-state index >= 15 is 0 Å². The summed E-state index contributed by atoms with van der Waals surface area (Å²) in [6.07, 6.45) is 3.79. The molecule has 1 atom stereocenters. The molecule has 0 radical (unpaired) electrons. The van der Waals surface area contributed by atoms with Crippen LogP contribution in [0.2, 0.25) is 0 Å². The molecule has 2 aliphatic heterocycles. The number of rotatable bonds is 4. The zero-order valence-electron chi connectivity index (χ0n) is 16.3. The first-order valence-corrected chi connectivity index (χ1v) is 10.1. The van der Waals surface area contributed by atoms with Crippen molar-refractivity contribution in [2.45, 2.75) is 38.2 Å². The molecule has 2 aromatic rings. The van der Waals surface area contributed by atoms with Crippen LogP contribution in [0.15, 0.2) is 59.7 Å². The first-order chi connectivity index (χ1) is 14.2. The maximum Gasteiger partial charge on any atom is 0.259 e. The first kappa shape index (κ1) is 19.2. The van der Waals surface area contributed by atoms with Crippen LogP contribution in [0.4, 0.5) is 0 Å². The average molecular weight is 391 g/mol. The standard InChI is InChI=1S/C23H25N3O3/c27-22(16-26-14-8-2-5-13-23(26)28)25-24-19-15-21(17-9-3-1-4-10-17)29-20-12-7-6-11-18(19)20/h1,3-4,6-7,9-12,21H,2,5,8,13-16H2,(H,25,27)/b24-19-/t21-/m1/s1. The Morgan fingerprint density at radius 2 is 1.86 bits per heavy atom. The Morgan fingerprint density at radius 1 is 1.07 bits per heavy atom. The lowest BCUT2D eigenvalue weighted by Gasteiger charge is -2.27. The summed E-state index contributed by atoms with van der Waals surface area (Å²) in [4.78, 5) is 26.2. The van der Waals surface area contributed by atoms with Crippen LogP contribution in [0.3, 0.4) is 0 Å². The van der Waals surface area contributed by atoms with Crippen LogP contribution in [0.1, 0.15) is 49.3 Å². The van der Waals surface area contributed by atoms with Crippen molar-refractivity contribution in [3.63, 3.8) is 0 Å². The monoisotopic (exact) mass is 391 g/mol. The van der Waals surface area contributed by atoms with Crippen LogP contribution in [0.25, 0.3) is 0 Å². The molecule has 150 valence electrons. The summed E-state index contributed by atoms with van der Waals surface area (Å²) in [6.45, 7) is 0.686. The number of ether oxygens (including phenoxy) is 1. The molecule has 0 spiro atoms. The number of hydrogen-bond acceptors (Lipinski definition) is 4. The van der Waals surface area contributed by atoms with Crippen molar-refractivity contribution in [1.82, 2.24) is 10.3 Å². The Hall–Kier alpha value is -3.15. The van der Waals surface area contributed by atoms with E-state index in [4.69, 9.17) is 4.74 Å². The SMILES string of the molecule is O=C(CN1CCCCCC1=O)N/N=C1/C[C@H](c2ccccc2)Oc2ccccc21. The van der Waals surface area contributed by atoms with Gasteiger partial charge in [0.15, 0.2) is 0 Å². The molecule has 6 heteroatoms. The van der Waals surface area contributed by atoms with Gasteiger partial charge in [-0.1, -0.05) is 48.9 Å². The third-order valence-electron chi connectivity index (χ3n) is 5.34. The van der Waals surface area contributed by atoms with Gasteiger partial charge in [0.05, 0.1) is 5.71 Å². The highest BCUT2D eigenvalue weighted by atomic mass is 16.5. The Kier molecular flexibility index (Phi) is 5.89. The van der Waals surface area contributed by atoms with Crippen molar-refractivity contribution in [1.29, 1.82) is 0 Å². The molecule has 0 aromatic heterocycles. The van der Waals surface area contributed by atoms with Crippen LogP contribution in [-0.4, -0.2) is 35.5 Å². The number of nitrogens with zero attached hydrogens (tertiary/aromatic N) is 2. The molecular weight excluding hydrogens is 366 g/mol. The fraction of sp³-hybridized carbons (Fsp3) is 0.348. The lowest BCUT2D eigenvalue weighted by molar-refractivity contribution is -0.135. The second kappa shape index (κ2) is 8.90. The number of carbonyl (C=O) groups excluding carboxylic acids is 2. The summed E-state index contributed by atoms with van der Waals surface area (Å²) >= 11 is 0. The smallest absolute Gasteiger partial charge is 0.259 e. The fourth-order valence-corrected chi connectivity index (χ4v) is 3.79. The van der Waals surface area contributed by atoms with Crippen molar-refractivity contribution < 1.29 is 14.3 Å². The molecule has 1 fully saturated rings. The van der Waals surface area contributed by atoms with Gasteiger partial charge in [0.25, 0.3) is 5.91 Å². The number of likely N-dealkylation sites (tertiary alicyclic amines) is 1. The normalized spacial score (nSPS) is 20.6. The number of amides is 2. The molecule has 29 heavy (non-hydrogen) atoms. The van der Waals surface area contributed by atoms with Gasteiger partial charge in [0.2, 0.25) is 5.91 Å². The van der Waals surface area contributed by atoms with E-state index in [1.807, 2.05) is 54.6 Å². The summed E-state index contributed by atoms with van der Waals surface area (Å²) in [6, 6.07) is 17.7. The molecule has 0 bridgehead atoms. The van der Waals surface area contributed by atoms with Crippen molar-refractivity contribution >= 4 is 17.5 Å². The summed E-state index contributed by atoms with van der Waals surface area (Å²) in [5.41, 5.74) is 5.37. The number of nitrogens with one attached hydrogen (secondary N) is 1. The average Bonchev–Trinajstić information content (AvgIpc) is 2.96. The number of para-hydroxylation sites is 1. The molecule has 2 heterocycles. The second-order valence-electron chi connectivity index (χ2n) is 7.44. The largest absolute Gasteiger partial charge is 0.485 e. The number of hydrogen-bond donors (Lipinski definition) is 1. The Morgan fingerprint density at radius 3 is 2.72 bits per heavy atom. The van der Waals surface area contributed by atoms with Crippen molar-refractivity contribution in [3.8, 4) is 5.75 Å². The van der Waals surface area contributed by atoms with E-state index in [2.05, 4.69) is 10.5 Å². The van der Waals surface area contributed by atoms with Crippen LogP contribution in [0, 0.1) is 0 Å². The topological polar surface area (TPSA) is 71.0 Å². The molecule has 2 aliphatic rings. The Balaban J connectivity index is 1.49. The summed E-state index contributed by atoms with van der Waals surface area (Å²) in [5.74, 6) is 0.530. The fourth-order valence-electron chi connectivity index (χ4n) is 3.79.